The molecule has 0 spiro atoms. The Bertz CT molecular complexity index is 383. The van der Waals surface area contributed by atoms with Gasteiger partial charge in [0, 0.05) is 28.5 Å². The lowest BCUT2D eigenvalue weighted by atomic mass is 10.1. The van der Waals surface area contributed by atoms with Crippen molar-refractivity contribution in [3.05, 3.63) is 12.2 Å². The van der Waals surface area contributed by atoms with Gasteiger partial charge in [-0.1, -0.05) is 0 Å². The summed E-state index contributed by atoms with van der Waals surface area (Å²) in [7, 11) is 0. The van der Waals surface area contributed by atoms with Crippen molar-refractivity contribution in [3.8, 4) is 0 Å². The van der Waals surface area contributed by atoms with Gasteiger partial charge in [0.15, 0.2) is 0 Å². The Morgan fingerprint density at radius 2 is 2.42 bits per heavy atom. The average Bonchev–Trinajstić information content (AvgIpc) is 2.43. The zero-order chi connectivity index (χ0) is 12.2. The largest absolute Gasteiger partial charge is 0.250 e. The maximum atomic E-state index is 13.3. The van der Waals surface area contributed by atoms with Crippen LogP contribution < -0.4 is 0 Å². The van der Waals surface area contributed by atoms with E-state index in [9.17, 15) is 8.78 Å². The van der Waals surface area contributed by atoms with Gasteiger partial charge >= 0.3 is 0 Å². The molecule has 0 saturated carbocycles. The van der Waals surface area contributed by atoms with Crippen LogP contribution in [0, 0.1) is 0 Å². The van der Waals surface area contributed by atoms with Crippen molar-refractivity contribution in [2.45, 2.75) is 31.6 Å². The number of rotatable bonds is 0. The van der Waals surface area contributed by atoms with Gasteiger partial charge in [-0.15, -0.1) is 0 Å². The molecule has 0 aliphatic carbocycles. The highest BCUT2D eigenvalue weighted by molar-refractivity contribution is 4.90. The molecule has 5 heteroatoms. The van der Waals surface area contributed by atoms with E-state index in [1.807, 2.05) is 0 Å². The van der Waals surface area contributed by atoms with Gasteiger partial charge in [-0.3, -0.25) is 0 Å². The molecule has 12 heavy (non-hydrogen) atoms. The maximum Gasteiger partial charge on any atom is 0.250 e. The molecule has 0 aromatic carbocycles. The lowest BCUT2D eigenvalue weighted by molar-refractivity contribution is -0.0158. The first-order valence-electron chi connectivity index (χ1n) is 5.43. The minimum absolute atomic E-state index is 0.394. The van der Waals surface area contributed by atoms with Gasteiger partial charge in [0.25, 0.3) is 0 Å². The van der Waals surface area contributed by atoms with Gasteiger partial charge in [0.2, 0.25) is 5.92 Å². The highest BCUT2D eigenvalue weighted by Gasteiger charge is 2.31. The summed E-state index contributed by atoms with van der Waals surface area (Å²) >= 11 is 0. The zero-order valence-corrected chi connectivity index (χ0v) is 6.09. The fourth-order valence-corrected chi connectivity index (χ4v) is 0.939. The molecule has 0 saturated heterocycles. The topological polar surface area (TPSA) is 30.7 Å². The lowest BCUT2D eigenvalue weighted by Crippen LogP contribution is -2.16. The predicted octanol–water partition coefficient (Wildman–Crippen LogP) is 1.25. The Morgan fingerprint density at radius 3 is 3.25 bits per heavy atom. The van der Waals surface area contributed by atoms with Crippen LogP contribution in [-0.4, -0.2) is 20.7 Å². The molecule has 0 unspecified atom stereocenters. The Labute approximate surface area is 74.0 Å². The normalized spacial score (nSPS) is 34.8. The molecular formula is C7H9F2N3. The first-order valence-corrected chi connectivity index (χ1v) is 3.43. The minimum Gasteiger partial charge on any atom is -0.250 e. The van der Waals surface area contributed by atoms with Crippen molar-refractivity contribution < 1.29 is 14.3 Å². The molecule has 0 fully saturated rings. The number of halogens is 2. The standard InChI is InChI=1S/C7H9F2N3/c8-7(9)2-1-6-10-5-11-12(6)4-3-7/h5H,1-4H2/i1D2,4D2. The molecule has 0 radical (unpaired) electrons. The molecule has 2 rings (SSSR count). The molecule has 66 valence electrons. The second-order valence-corrected chi connectivity index (χ2v) is 2.54. The summed E-state index contributed by atoms with van der Waals surface area (Å²) < 4.78 is 57.2. The molecule has 1 aromatic rings. The summed E-state index contributed by atoms with van der Waals surface area (Å²) in [6, 6.07) is 0. The third-order valence-electron chi connectivity index (χ3n) is 1.54. The van der Waals surface area contributed by atoms with Crippen molar-refractivity contribution in [1.82, 2.24) is 14.8 Å². The quantitative estimate of drug-likeness (QED) is 0.597. The van der Waals surface area contributed by atoms with Crippen LogP contribution in [0.25, 0.3) is 0 Å². The number of nitrogens with zero attached hydrogens (tertiary/aromatic N) is 3. The van der Waals surface area contributed by atoms with Crippen LogP contribution >= 0.6 is 0 Å². The highest BCUT2D eigenvalue weighted by atomic mass is 19.3. The number of hydrogen-bond acceptors (Lipinski definition) is 2. The fourth-order valence-electron chi connectivity index (χ4n) is 0.939. The van der Waals surface area contributed by atoms with Gasteiger partial charge < -0.3 is 0 Å². The van der Waals surface area contributed by atoms with Crippen LogP contribution in [0.1, 0.15) is 24.1 Å². The van der Waals surface area contributed by atoms with Gasteiger partial charge in [-0.25, -0.2) is 18.4 Å². The van der Waals surface area contributed by atoms with Crippen LogP contribution in [0.3, 0.4) is 0 Å². The summed E-state index contributed by atoms with van der Waals surface area (Å²) in [5.41, 5.74) is 0. The lowest BCUT2D eigenvalue weighted by Gasteiger charge is -2.10. The van der Waals surface area contributed by atoms with Gasteiger partial charge in [-0.05, 0) is 0 Å². The van der Waals surface area contributed by atoms with E-state index < -0.39 is 37.5 Å². The minimum atomic E-state index is -3.42. The monoisotopic (exact) mass is 177 g/mol. The Hall–Kier alpha value is -1.00. The van der Waals surface area contributed by atoms with Crippen LogP contribution in [0.5, 0.6) is 0 Å². The first-order chi connectivity index (χ1) is 7.14. The summed E-state index contributed by atoms with van der Waals surface area (Å²) in [4.78, 5) is 3.53. The molecule has 0 amide bonds. The molecule has 1 aromatic heterocycles. The average molecular weight is 177 g/mol. The van der Waals surface area contributed by atoms with E-state index in [-0.39, 0.29) is 0 Å². The van der Waals surface area contributed by atoms with Crippen molar-refractivity contribution in [2.24, 2.45) is 0 Å². The van der Waals surface area contributed by atoms with Crippen LogP contribution in [0.4, 0.5) is 8.78 Å². The van der Waals surface area contributed by atoms with Gasteiger partial charge in [-0.2, -0.15) is 5.10 Å². The maximum absolute atomic E-state index is 13.3. The molecule has 1 aliphatic heterocycles. The number of aromatic nitrogens is 3. The summed E-state index contributed by atoms with van der Waals surface area (Å²) in [6.07, 6.45) is -3.60. The Balaban J connectivity index is 2.59. The number of hydrogen-bond donors (Lipinski definition) is 0. The smallest absolute Gasteiger partial charge is 0.250 e. The molecular weight excluding hydrogens is 164 g/mol. The van der Waals surface area contributed by atoms with Crippen LogP contribution in [0.15, 0.2) is 6.33 Å². The highest BCUT2D eigenvalue weighted by Crippen LogP contribution is 2.27. The van der Waals surface area contributed by atoms with Crippen molar-refractivity contribution in [1.29, 1.82) is 0 Å². The summed E-state index contributed by atoms with van der Waals surface area (Å²) in [5, 5.41) is 3.49. The van der Waals surface area contributed by atoms with Gasteiger partial charge in [0.1, 0.15) is 12.2 Å². The zero-order valence-electron chi connectivity index (χ0n) is 10.1. The predicted molar refractivity (Wildman–Crippen MR) is 37.9 cm³/mol. The van der Waals surface area contributed by atoms with E-state index in [1.54, 1.807) is 0 Å². The first kappa shape index (κ1) is 4.30. The Morgan fingerprint density at radius 1 is 1.58 bits per heavy atom. The van der Waals surface area contributed by atoms with E-state index in [0.29, 0.717) is 4.68 Å². The van der Waals surface area contributed by atoms with Crippen LogP contribution in [0.2, 0.25) is 0 Å². The van der Waals surface area contributed by atoms with E-state index in [2.05, 4.69) is 10.1 Å². The molecule has 0 bridgehead atoms. The molecule has 3 nitrogen and oxygen atoms in total. The van der Waals surface area contributed by atoms with E-state index in [1.165, 1.54) is 0 Å². The summed E-state index contributed by atoms with van der Waals surface area (Å²) in [5.74, 6) is -3.82. The number of fused-ring (bicyclic) bond motifs is 1. The Kier molecular flexibility index (Phi) is 0.895. The van der Waals surface area contributed by atoms with Crippen molar-refractivity contribution in [3.63, 3.8) is 0 Å². The van der Waals surface area contributed by atoms with Crippen molar-refractivity contribution in [2.75, 3.05) is 0 Å². The molecule has 2 heterocycles. The summed E-state index contributed by atoms with van der Waals surface area (Å²) in [6.45, 7) is -2.43. The van der Waals surface area contributed by atoms with Gasteiger partial charge in [0.05, 0.1) is 2.74 Å². The molecule has 0 atom stereocenters. The third-order valence-corrected chi connectivity index (χ3v) is 1.54. The third kappa shape index (κ3) is 1.31. The van der Waals surface area contributed by atoms with E-state index in [4.69, 9.17) is 5.48 Å². The number of alkyl halides is 2. The second kappa shape index (κ2) is 2.50. The molecule has 0 N–H and O–H groups in total. The fraction of sp³-hybridized carbons (Fsp3) is 0.714. The van der Waals surface area contributed by atoms with Crippen LogP contribution in [-0.2, 0) is 12.9 Å². The second-order valence-electron chi connectivity index (χ2n) is 2.54. The SMILES string of the molecule is [2H]C1([2H])CC(F)(F)CC([2H])([2H])n2ncnc21. The number of aryl methyl sites for hydroxylation is 2. The van der Waals surface area contributed by atoms with Crippen molar-refractivity contribution >= 4 is 0 Å². The van der Waals surface area contributed by atoms with E-state index >= 15 is 0 Å². The van der Waals surface area contributed by atoms with E-state index in [0.717, 1.165) is 6.33 Å². The molecule has 1 aliphatic rings.